The minimum Gasteiger partial charge on any atom is -0.444 e. The average molecular weight is 460 g/mol. The summed E-state index contributed by atoms with van der Waals surface area (Å²) in [6.07, 6.45) is 2.77. The summed E-state index contributed by atoms with van der Waals surface area (Å²) in [6.45, 7) is 18.4. The first-order valence-corrected chi connectivity index (χ1v) is 11.5. The van der Waals surface area contributed by atoms with Gasteiger partial charge in [-0.05, 0) is 72.1 Å². The Balaban J connectivity index is 3.34. The zero-order valence-electron chi connectivity index (χ0n) is 21.5. The van der Waals surface area contributed by atoms with Gasteiger partial charge in [0.1, 0.15) is 18.2 Å². The minimum absolute atomic E-state index is 0.0376. The third-order valence-corrected chi connectivity index (χ3v) is 4.85. The Labute approximate surface area is 198 Å². The number of nitrogens with one attached hydrogen (secondary N) is 2. The maximum absolute atomic E-state index is 13.5. The van der Waals surface area contributed by atoms with E-state index in [1.54, 1.807) is 26.8 Å². The van der Waals surface area contributed by atoms with Crippen molar-refractivity contribution in [2.75, 3.05) is 6.54 Å². The molecule has 0 spiro atoms. The van der Waals surface area contributed by atoms with Crippen LogP contribution in [0, 0.1) is 0 Å². The molecule has 0 aliphatic rings. The van der Waals surface area contributed by atoms with Gasteiger partial charge in [-0.25, -0.2) is 4.79 Å². The highest BCUT2D eigenvalue weighted by atomic mass is 16.6. The maximum atomic E-state index is 13.5. The van der Waals surface area contributed by atoms with Crippen LogP contribution < -0.4 is 10.6 Å². The predicted octanol–water partition coefficient (Wildman–Crippen LogP) is 4.83. The number of nitrogens with zero attached hydrogens (tertiary/aromatic N) is 1. The van der Waals surface area contributed by atoms with E-state index < -0.39 is 23.3 Å². The number of carbonyl (C=O) groups is 3. The molecule has 2 atom stereocenters. The number of ether oxygens (including phenoxy) is 1. The van der Waals surface area contributed by atoms with E-state index >= 15 is 0 Å². The van der Waals surface area contributed by atoms with Crippen molar-refractivity contribution in [2.45, 2.75) is 91.5 Å². The Kier molecular flexibility index (Phi) is 10.1. The zero-order valence-corrected chi connectivity index (χ0v) is 21.5. The number of hydrogen-bond donors (Lipinski definition) is 2. The number of rotatable bonds is 9. The van der Waals surface area contributed by atoms with Crippen molar-refractivity contribution in [1.29, 1.82) is 0 Å². The third kappa shape index (κ3) is 9.28. The highest BCUT2D eigenvalue weighted by Crippen LogP contribution is 2.30. The maximum Gasteiger partial charge on any atom is 0.408 e. The van der Waals surface area contributed by atoms with Gasteiger partial charge in [0.05, 0.1) is 0 Å². The lowest BCUT2D eigenvalue weighted by molar-refractivity contribution is -0.146. The van der Waals surface area contributed by atoms with Crippen LogP contribution in [0.2, 0.25) is 0 Å². The topological polar surface area (TPSA) is 87.7 Å². The van der Waals surface area contributed by atoms with Gasteiger partial charge in [-0.3, -0.25) is 9.59 Å². The molecule has 0 aliphatic carbocycles. The monoisotopic (exact) mass is 459 g/mol. The molecule has 0 bridgehead atoms. The van der Waals surface area contributed by atoms with E-state index in [0.717, 1.165) is 18.4 Å². The second-order valence-corrected chi connectivity index (χ2v) is 10.3. The van der Waals surface area contributed by atoms with Crippen LogP contribution in [0.15, 0.2) is 30.8 Å². The average Bonchev–Trinajstić information content (AvgIpc) is 2.68. The summed E-state index contributed by atoms with van der Waals surface area (Å²) in [6, 6.07) is 6.50. The number of hydrogen-bond acceptors (Lipinski definition) is 4. The van der Waals surface area contributed by atoms with E-state index in [-0.39, 0.29) is 24.4 Å². The summed E-state index contributed by atoms with van der Waals surface area (Å²) in [5.74, 6) is -0.654. The highest BCUT2D eigenvalue weighted by molar-refractivity contribution is 5.91. The number of carbonyl (C=O) groups excluding carboxylic acids is 3. The van der Waals surface area contributed by atoms with Gasteiger partial charge in [-0.1, -0.05) is 44.2 Å². The van der Waals surface area contributed by atoms with Crippen LogP contribution >= 0.6 is 0 Å². The van der Waals surface area contributed by atoms with Crippen LogP contribution in [0.4, 0.5) is 4.79 Å². The molecule has 184 valence electrons. The smallest absolute Gasteiger partial charge is 0.408 e. The van der Waals surface area contributed by atoms with Crippen molar-refractivity contribution in [3.05, 3.63) is 42.0 Å². The highest BCUT2D eigenvalue weighted by Gasteiger charge is 2.39. The Morgan fingerprint density at radius 2 is 1.79 bits per heavy atom. The fourth-order valence-electron chi connectivity index (χ4n) is 3.55. The summed E-state index contributed by atoms with van der Waals surface area (Å²) >= 11 is 0. The minimum atomic E-state index is -0.878. The van der Waals surface area contributed by atoms with E-state index in [0.29, 0.717) is 5.56 Å². The normalized spacial score (nSPS) is 13.5. The van der Waals surface area contributed by atoms with E-state index in [1.807, 2.05) is 52.0 Å². The lowest BCUT2D eigenvalue weighted by Gasteiger charge is -2.41. The van der Waals surface area contributed by atoms with E-state index in [1.165, 1.54) is 4.90 Å². The van der Waals surface area contributed by atoms with E-state index in [9.17, 15) is 14.4 Å². The summed E-state index contributed by atoms with van der Waals surface area (Å²) < 4.78 is 5.24. The van der Waals surface area contributed by atoms with Crippen LogP contribution in [0.1, 0.15) is 85.4 Å². The first kappa shape index (κ1) is 28.2. The van der Waals surface area contributed by atoms with Gasteiger partial charge in [0.15, 0.2) is 0 Å². The van der Waals surface area contributed by atoms with Crippen LogP contribution in [-0.2, 0) is 14.3 Å². The SMILES string of the molecule is C=Cc1cccc(C(C(=O)NC(C)CCC)N(C(=O)CNC(=O)OC(C)(C)C)C(C)(C)C)c1. The molecule has 1 aromatic carbocycles. The molecule has 33 heavy (non-hydrogen) atoms. The van der Waals surface area contributed by atoms with Crippen LogP contribution in [0.3, 0.4) is 0 Å². The molecule has 1 aromatic rings. The first-order chi connectivity index (χ1) is 15.2. The summed E-state index contributed by atoms with van der Waals surface area (Å²) in [7, 11) is 0. The first-order valence-electron chi connectivity index (χ1n) is 11.5. The zero-order chi connectivity index (χ0) is 25.4. The molecule has 1 rings (SSSR count). The second-order valence-electron chi connectivity index (χ2n) is 10.3. The van der Waals surface area contributed by atoms with Gasteiger partial charge >= 0.3 is 6.09 Å². The number of benzene rings is 1. The van der Waals surface area contributed by atoms with Crippen LogP contribution in [0.25, 0.3) is 6.08 Å². The van der Waals surface area contributed by atoms with Crippen molar-refractivity contribution in [3.63, 3.8) is 0 Å². The Hall–Kier alpha value is -2.83. The van der Waals surface area contributed by atoms with Gasteiger partial charge in [-0.15, -0.1) is 0 Å². The van der Waals surface area contributed by atoms with Crippen molar-refractivity contribution >= 4 is 24.0 Å². The van der Waals surface area contributed by atoms with Gasteiger partial charge in [0, 0.05) is 11.6 Å². The molecule has 0 saturated carbocycles. The van der Waals surface area contributed by atoms with Crippen LogP contribution in [-0.4, -0.2) is 46.5 Å². The van der Waals surface area contributed by atoms with E-state index in [2.05, 4.69) is 24.1 Å². The standard InChI is InChI=1S/C26H41N3O4/c1-10-13-18(3)28-23(31)22(20-15-12-14-19(11-2)16-20)29(25(4,5)6)21(30)17-27-24(32)33-26(7,8)9/h11-12,14-16,18,22H,2,10,13,17H2,1,3-9H3,(H,27,32)(H,28,31). The van der Waals surface area contributed by atoms with Gasteiger partial charge < -0.3 is 20.3 Å². The molecule has 3 amide bonds. The quantitative estimate of drug-likeness (QED) is 0.554. The summed E-state index contributed by atoms with van der Waals surface area (Å²) in [5, 5.41) is 5.57. The molecule has 0 aliphatic heterocycles. The van der Waals surface area contributed by atoms with Crippen LogP contribution in [0.5, 0.6) is 0 Å². The molecule has 2 unspecified atom stereocenters. The van der Waals surface area contributed by atoms with Crippen molar-refractivity contribution < 1.29 is 19.1 Å². The van der Waals surface area contributed by atoms with Gasteiger partial charge in [0.2, 0.25) is 11.8 Å². The molecular formula is C26H41N3O4. The molecule has 0 heterocycles. The molecule has 2 N–H and O–H groups in total. The van der Waals surface area contributed by atoms with Crippen molar-refractivity contribution in [1.82, 2.24) is 15.5 Å². The molecule has 0 fully saturated rings. The Morgan fingerprint density at radius 3 is 2.30 bits per heavy atom. The third-order valence-electron chi connectivity index (χ3n) is 4.85. The fraction of sp³-hybridized carbons (Fsp3) is 0.577. The lowest BCUT2D eigenvalue weighted by Crippen LogP contribution is -2.55. The molecule has 0 radical (unpaired) electrons. The number of alkyl carbamates (subject to hydrolysis) is 1. The Bertz CT molecular complexity index is 837. The van der Waals surface area contributed by atoms with Crippen molar-refractivity contribution in [2.24, 2.45) is 0 Å². The molecule has 0 aromatic heterocycles. The predicted molar refractivity (Wildman–Crippen MR) is 133 cm³/mol. The molecular weight excluding hydrogens is 418 g/mol. The molecule has 7 nitrogen and oxygen atoms in total. The van der Waals surface area contributed by atoms with Gasteiger partial charge in [-0.2, -0.15) is 0 Å². The second kappa shape index (κ2) is 11.9. The Morgan fingerprint density at radius 1 is 1.15 bits per heavy atom. The molecule has 0 saturated heterocycles. The lowest BCUT2D eigenvalue weighted by atomic mass is 9.95. The molecule has 7 heteroatoms. The van der Waals surface area contributed by atoms with E-state index in [4.69, 9.17) is 4.74 Å². The fourth-order valence-corrected chi connectivity index (χ4v) is 3.55. The van der Waals surface area contributed by atoms with Crippen molar-refractivity contribution in [3.8, 4) is 0 Å². The summed E-state index contributed by atoms with van der Waals surface area (Å²) in [4.78, 5) is 40.5. The summed E-state index contributed by atoms with van der Waals surface area (Å²) in [5.41, 5.74) is 0.140. The largest absolute Gasteiger partial charge is 0.444 e. The number of amides is 3. The van der Waals surface area contributed by atoms with Gasteiger partial charge in [0.25, 0.3) is 0 Å².